The highest BCUT2D eigenvalue weighted by Gasteiger charge is 2.35. The van der Waals surface area contributed by atoms with Gasteiger partial charge in [-0.05, 0) is 6.07 Å². The van der Waals surface area contributed by atoms with Crippen LogP contribution in [0.3, 0.4) is 0 Å². The molecule has 0 amide bonds. The average molecular weight is 380 g/mol. The maximum atomic E-state index is 14.3. The van der Waals surface area contributed by atoms with Crippen LogP contribution >= 0.6 is 11.6 Å². The first kappa shape index (κ1) is 17.0. The zero-order valence-electron chi connectivity index (χ0n) is 12.1. The number of benzene rings is 1. The highest BCUT2D eigenvalue weighted by Crippen LogP contribution is 2.30. The van der Waals surface area contributed by atoms with Crippen LogP contribution in [0.15, 0.2) is 30.9 Å². The summed E-state index contributed by atoms with van der Waals surface area (Å²) in [6.07, 6.45) is -4.97. The SMILES string of the molecule is Cn1c(C(F)(F)F)cc(=O)n(-c2c(F)cc(Cl)c3[nH]c(=O)oc23)c1=O. The molecule has 0 aliphatic carbocycles. The van der Waals surface area contributed by atoms with Gasteiger partial charge in [-0.15, -0.1) is 0 Å². The molecule has 7 nitrogen and oxygen atoms in total. The fourth-order valence-corrected chi connectivity index (χ4v) is 2.56. The molecule has 0 aliphatic rings. The van der Waals surface area contributed by atoms with E-state index in [1.165, 1.54) is 0 Å². The summed E-state index contributed by atoms with van der Waals surface area (Å²) in [5.74, 6) is -2.29. The summed E-state index contributed by atoms with van der Waals surface area (Å²) in [5, 5.41) is -0.279. The fraction of sp³-hybridized carbons (Fsp3) is 0.154. The molecule has 3 aromatic rings. The third-order valence-electron chi connectivity index (χ3n) is 3.42. The van der Waals surface area contributed by atoms with Crippen molar-refractivity contribution in [2.24, 2.45) is 7.05 Å². The highest BCUT2D eigenvalue weighted by atomic mass is 35.5. The topological polar surface area (TPSA) is 90.0 Å². The Labute approximate surface area is 138 Å². The standard InChI is InChI=1S/C13H6ClF4N3O4/c1-20-6(13(16,17)18)3-7(22)21(12(20)24)9-5(15)2-4(14)8-10(9)25-11(23)19-8/h2-3H,1H3,(H,19,23). The molecule has 12 heteroatoms. The van der Waals surface area contributed by atoms with Crippen LogP contribution < -0.4 is 17.0 Å². The van der Waals surface area contributed by atoms with Crippen molar-refractivity contribution in [3.8, 4) is 5.69 Å². The van der Waals surface area contributed by atoms with Crippen LogP contribution in [0.4, 0.5) is 17.6 Å². The van der Waals surface area contributed by atoms with E-state index in [4.69, 9.17) is 16.0 Å². The number of nitrogens with zero attached hydrogens (tertiary/aromatic N) is 2. The number of rotatable bonds is 1. The Morgan fingerprint density at radius 2 is 1.84 bits per heavy atom. The van der Waals surface area contributed by atoms with E-state index in [2.05, 4.69) is 4.98 Å². The minimum absolute atomic E-state index is 0.125. The summed E-state index contributed by atoms with van der Waals surface area (Å²) in [7, 11) is 0.763. The molecule has 0 spiro atoms. The van der Waals surface area contributed by atoms with E-state index in [9.17, 15) is 31.9 Å². The summed E-state index contributed by atoms with van der Waals surface area (Å²) in [6, 6.07) is 0.820. The van der Waals surface area contributed by atoms with Gasteiger partial charge in [0.2, 0.25) is 0 Å². The van der Waals surface area contributed by atoms with E-state index in [0.717, 1.165) is 7.05 Å². The second-order valence-corrected chi connectivity index (χ2v) is 5.36. The van der Waals surface area contributed by atoms with Gasteiger partial charge in [0.25, 0.3) is 5.56 Å². The second-order valence-electron chi connectivity index (χ2n) is 4.95. The molecule has 0 fully saturated rings. The van der Waals surface area contributed by atoms with Gasteiger partial charge < -0.3 is 4.42 Å². The van der Waals surface area contributed by atoms with Crippen LogP contribution in [0.1, 0.15) is 5.69 Å². The van der Waals surface area contributed by atoms with Crippen LogP contribution in [-0.2, 0) is 13.2 Å². The maximum Gasteiger partial charge on any atom is 0.431 e. The third kappa shape index (κ3) is 2.56. The molecule has 0 radical (unpaired) electrons. The van der Waals surface area contributed by atoms with Gasteiger partial charge in [-0.2, -0.15) is 13.2 Å². The molecule has 3 rings (SSSR count). The Hall–Kier alpha value is -2.82. The summed E-state index contributed by atoms with van der Waals surface area (Å²) in [6.45, 7) is 0. The van der Waals surface area contributed by atoms with Crippen molar-refractivity contribution in [1.82, 2.24) is 14.1 Å². The number of fused-ring (bicyclic) bond motifs is 1. The monoisotopic (exact) mass is 379 g/mol. The molecule has 0 bridgehead atoms. The van der Waals surface area contributed by atoms with Crippen LogP contribution in [-0.4, -0.2) is 14.1 Å². The van der Waals surface area contributed by atoms with E-state index >= 15 is 0 Å². The van der Waals surface area contributed by atoms with Crippen molar-refractivity contribution < 1.29 is 22.0 Å². The van der Waals surface area contributed by atoms with Gasteiger partial charge in [-0.1, -0.05) is 11.6 Å². The lowest BCUT2D eigenvalue weighted by molar-refractivity contribution is -0.144. The van der Waals surface area contributed by atoms with Crippen LogP contribution in [0, 0.1) is 5.82 Å². The molecule has 25 heavy (non-hydrogen) atoms. The summed E-state index contributed by atoms with van der Waals surface area (Å²) in [5.41, 5.74) is -6.06. The van der Waals surface area contributed by atoms with E-state index in [-0.39, 0.29) is 25.7 Å². The first-order valence-electron chi connectivity index (χ1n) is 6.44. The number of alkyl halides is 3. The smallest absolute Gasteiger partial charge is 0.405 e. The highest BCUT2D eigenvalue weighted by molar-refractivity contribution is 6.35. The Morgan fingerprint density at radius 3 is 2.44 bits per heavy atom. The van der Waals surface area contributed by atoms with E-state index < -0.39 is 46.0 Å². The van der Waals surface area contributed by atoms with Crippen molar-refractivity contribution in [3.63, 3.8) is 0 Å². The lowest BCUT2D eigenvalue weighted by Crippen LogP contribution is -2.41. The van der Waals surface area contributed by atoms with Gasteiger partial charge >= 0.3 is 17.6 Å². The lowest BCUT2D eigenvalue weighted by atomic mass is 10.2. The maximum absolute atomic E-state index is 14.3. The molecule has 2 aromatic heterocycles. The molecule has 0 aliphatic heterocycles. The Bertz CT molecular complexity index is 1190. The minimum atomic E-state index is -4.97. The molecule has 1 N–H and O–H groups in total. The molecule has 0 saturated heterocycles. The Balaban J connectivity index is 2.50. The summed E-state index contributed by atoms with van der Waals surface area (Å²) < 4.78 is 57.9. The lowest BCUT2D eigenvalue weighted by Gasteiger charge is -2.14. The van der Waals surface area contributed by atoms with Gasteiger partial charge in [0, 0.05) is 13.1 Å². The molecule has 0 unspecified atom stereocenters. The summed E-state index contributed by atoms with van der Waals surface area (Å²) >= 11 is 5.74. The molecular formula is C13H6ClF4N3O4. The van der Waals surface area contributed by atoms with Crippen molar-refractivity contribution in [2.75, 3.05) is 0 Å². The van der Waals surface area contributed by atoms with Crippen molar-refractivity contribution >= 4 is 22.7 Å². The van der Waals surface area contributed by atoms with Crippen molar-refractivity contribution in [3.05, 3.63) is 60.1 Å². The molecule has 132 valence electrons. The van der Waals surface area contributed by atoms with Gasteiger partial charge in [0.15, 0.2) is 11.4 Å². The van der Waals surface area contributed by atoms with Gasteiger partial charge in [0.1, 0.15) is 16.9 Å². The molecule has 0 atom stereocenters. The number of aromatic nitrogens is 3. The molecular weight excluding hydrogens is 374 g/mol. The molecule has 2 heterocycles. The second kappa shape index (κ2) is 5.34. The van der Waals surface area contributed by atoms with E-state index in [0.29, 0.717) is 6.07 Å². The quantitative estimate of drug-likeness (QED) is 0.653. The predicted molar refractivity (Wildman–Crippen MR) is 77.6 cm³/mol. The number of aromatic amines is 1. The van der Waals surface area contributed by atoms with Gasteiger partial charge in [0.05, 0.1) is 5.02 Å². The largest absolute Gasteiger partial charge is 0.431 e. The molecule has 0 saturated carbocycles. The van der Waals surface area contributed by atoms with Gasteiger partial charge in [-0.3, -0.25) is 14.3 Å². The van der Waals surface area contributed by atoms with Crippen LogP contribution in [0.5, 0.6) is 0 Å². The van der Waals surface area contributed by atoms with Crippen molar-refractivity contribution in [2.45, 2.75) is 6.18 Å². The van der Waals surface area contributed by atoms with E-state index in [1.54, 1.807) is 0 Å². The normalized spacial score (nSPS) is 12.1. The van der Waals surface area contributed by atoms with Crippen LogP contribution in [0.2, 0.25) is 5.02 Å². The van der Waals surface area contributed by atoms with Crippen LogP contribution in [0.25, 0.3) is 16.8 Å². The van der Waals surface area contributed by atoms with Crippen molar-refractivity contribution in [1.29, 1.82) is 0 Å². The number of halogens is 5. The zero-order chi connectivity index (χ0) is 18.7. The summed E-state index contributed by atoms with van der Waals surface area (Å²) in [4.78, 5) is 37.8. The Morgan fingerprint density at radius 1 is 1.20 bits per heavy atom. The predicted octanol–water partition coefficient (Wildman–Crippen LogP) is 1.78. The number of hydrogen-bond acceptors (Lipinski definition) is 4. The average Bonchev–Trinajstić information content (AvgIpc) is 2.87. The number of hydrogen-bond donors (Lipinski definition) is 1. The number of nitrogens with one attached hydrogen (secondary N) is 1. The Kier molecular flexibility index (Phi) is 3.64. The minimum Gasteiger partial charge on any atom is -0.405 e. The zero-order valence-corrected chi connectivity index (χ0v) is 12.8. The first-order chi connectivity index (χ1) is 11.5. The number of H-pyrrole nitrogens is 1. The van der Waals surface area contributed by atoms with E-state index in [1.807, 2.05) is 0 Å². The fourth-order valence-electron chi connectivity index (χ4n) is 2.34. The first-order valence-corrected chi connectivity index (χ1v) is 6.81. The third-order valence-corrected chi connectivity index (χ3v) is 3.71. The van der Waals surface area contributed by atoms with Gasteiger partial charge in [-0.25, -0.2) is 18.5 Å². The number of oxazole rings is 1. The molecule has 1 aromatic carbocycles.